The van der Waals surface area contributed by atoms with Crippen molar-refractivity contribution in [3.05, 3.63) is 53.9 Å². The van der Waals surface area contributed by atoms with Gasteiger partial charge in [0.15, 0.2) is 0 Å². The van der Waals surface area contributed by atoms with Crippen molar-refractivity contribution in [2.75, 3.05) is 13.0 Å². The summed E-state index contributed by atoms with van der Waals surface area (Å²) in [6.45, 7) is 2.61. The molecule has 1 aliphatic carbocycles. The van der Waals surface area contributed by atoms with Crippen molar-refractivity contribution in [3.8, 4) is 5.75 Å². The zero-order chi connectivity index (χ0) is 17.1. The maximum absolute atomic E-state index is 12.4. The largest absolute Gasteiger partial charge is 0.497 e. The second kappa shape index (κ2) is 7.31. The van der Waals surface area contributed by atoms with Crippen molar-refractivity contribution in [2.24, 2.45) is 0 Å². The Morgan fingerprint density at radius 2 is 2.04 bits per heavy atom. The van der Waals surface area contributed by atoms with Gasteiger partial charge in [-0.25, -0.2) is 0 Å². The van der Waals surface area contributed by atoms with Crippen LogP contribution in [0.25, 0.3) is 0 Å². The monoisotopic (exact) mass is 346 g/mol. The molecule has 0 radical (unpaired) electrons. The molecule has 0 N–H and O–H groups in total. The predicted molar refractivity (Wildman–Crippen MR) is 95.4 cm³/mol. The van der Waals surface area contributed by atoms with E-state index in [0.717, 1.165) is 17.0 Å². The van der Waals surface area contributed by atoms with Crippen molar-refractivity contribution < 1.29 is 9.53 Å². The van der Waals surface area contributed by atoms with Gasteiger partial charge in [-0.1, -0.05) is 12.1 Å². The highest BCUT2D eigenvalue weighted by Crippen LogP contribution is 2.36. The number of rotatable bonds is 7. The topological polar surface area (TPSA) is 34.5 Å². The number of hydrogen-bond donors (Lipinski definition) is 0. The lowest BCUT2D eigenvalue weighted by Gasteiger charge is -2.30. The van der Waals surface area contributed by atoms with E-state index in [-0.39, 0.29) is 17.8 Å². The average molecular weight is 347 g/mol. The lowest BCUT2D eigenvalue weighted by atomic mass is 10.1. The number of ether oxygens (including phenoxy) is 1. The van der Waals surface area contributed by atoms with Crippen molar-refractivity contribution in [3.63, 3.8) is 0 Å². The number of aromatic nitrogens is 1. The molecular formula is C19H23ClN2O2. The van der Waals surface area contributed by atoms with Gasteiger partial charge < -0.3 is 14.2 Å². The van der Waals surface area contributed by atoms with Crippen molar-refractivity contribution >= 4 is 17.5 Å². The Morgan fingerprint density at radius 3 is 2.62 bits per heavy atom. The van der Waals surface area contributed by atoms with Gasteiger partial charge in [-0.2, -0.15) is 0 Å². The molecule has 1 aromatic carbocycles. The van der Waals surface area contributed by atoms with Crippen LogP contribution in [0.4, 0.5) is 0 Å². The Balaban J connectivity index is 1.82. The van der Waals surface area contributed by atoms with E-state index in [1.54, 1.807) is 7.11 Å². The van der Waals surface area contributed by atoms with Gasteiger partial charge in [0.25, 0.3) is 0 Å². The molecule has 1 saturated carbocycles. The van der Waals surface area contributed by atoms with E-state index in [1.165, 1.54) is 12.8 Å². The van der Waals surface area contributed by atoms with Gasteiger partial charge >= 0.3 is 0 Å². The van der Waals surface area contributed by atoms with Gasteiger partial charge in [-0.15, -0.1) is 11.6 Å². The summed E-state index contributed by atoms with van der Waals surface area (Å²) >= 11 is 5.86. The van der Waals surface area contributed by atoms with Gasteiger partial charge in [0.1, 0.15) is 11.6 Å². The zero-order valence-corrected chi connectivity index (χ0v) is 14.9. The molecular weight excluding hydrogens is 324 g/mol. The molecule has 1 heterocycles. The number of methoxy groups -OCH3 is 1. The molecule has 1 atom stereocenters. The molecule has 1 aromatic heterocycles. The summed E-state index contributed by atoms with van der Waals surface area (Å²) in [5.41, 5.74) is 2.23. The molecule has 1 amide bonds. The quantitative estimate of drug-likeness (QED) is 0.705. The van der Waals surface area contributed by atoms with Crippen LogP contribution in [0.1, 0.15) is 43.1 Å². The van der Waals surface area contributed by atoms with Crippen molar-refractivity contribution in [1.82, 2.24) is 9.47 Å². The van der Waals surface area contributed by atoms with Crippen LogP contribution < -0.4 is 4.74 Å². The highest BCUT2D eigenvalue weighted by Gasteiger charge is 2.27. The summed E-state index contributed by atoms with van der Waals surface area (Å²) in [5, 5.41) is 0. The Bertz CT molecular complexity index is 692. The summed E-state index contributed by atoms with van der Waals surface area (Å²) in [6.07, 6.45) is 4.55. The maximum atomic E-state index is 12.4. The van der Waals surface area contributed by atoms with E-state index in [4.69, 9.17) is 16.3 Å². The smallest absolute Gasteiger partial charge is 0.238 e. The van der Waals surface area contributed by atoms with E-state index >= 15 is 0 Å². The fourth-order valence-corrected chi connectivity index (χ4v) is 3.18. The molecule has 0 bridgehead atoms. The number of nitrogens with zero attached hydrogens (tertiary/aromatic N) is 2. The second-order valence-corrected chi connectivity index (χ2v) is 6.51. The Hall–Kier alpha value is -1.94. The molecule has 24 heavy (non-hydrogen) atoms. The number of benzene rings is 1. The van der Waals surface area contributed by atoms with Crippen molar-refractivity contribution in [1.29, 1.82) is 0 Å². The molecule has 1 fully saturated rings. The third kappa shape index (κ3) is 3.59. The molecule has 0 spiro atoms. The summed E-state index contributed by atoms with van der Waals surface area (Å²) < 4.78 is 7.49. The Morgan fingerprint density at radius 1 is 1.33 bits per heavy atom. The van der Waals surface area contributed by atoms with Gasteiger partial charge in [0.2, 0.25) is 5.91 Å². The van der Waals surface area contributed by atoms with Gasteiger partial charge in [-0.3, -0.25) is 4.79 Å². The Labute approximate surface area is 148 Å². The molecule has 128 valence electrons. The molecule has 3 rings (SSSR count). The predicted octanol–water partition coefficient (Wildman–Crippen LogP) is 4.16. The van der Waals surface area contributed by atoms with E-state index in [0.29, 0.717) is 12.6 Å². The molecule has 0 aliphatic heterocycles. The van der Waals surface area contributed by atoms with Crippen LogP contribution in [0.2, 0.25) is 0 Å². The van der Waals surface area contributed by atoms with E-state index in [2.05, 4.69) is 22.9 Å². The number of carbonyl (C=O) groups is 1. The van der Waals surface area contributed by atoms with Crippen LogP contribution in [0.15, 0.2) is 42.6 Å². The summed E-state index contributed by atoms with van der Waals surface area (Å²) in [4.78, 5) is 14.3. The summed E-state index contributed by atoms with van der Waals surface area (Å²) in [7, 11) is 1.65. The minimum atomic E-state index is -0.0523. The highest BCUT2D eigenvalue weighted by molar-refractivity contribution is 6.27. The van der Waals surface area contributed by atoms with Crippen LogP contribution in [0, 0.1) is 0 Å². The highest BCUT2D eigenvalue weighted by atomic mass is 35.5. The van der Waals surface area contributed by atoms with Gasteiger partial charge in [0.05, 0.1) is 19.7 Å². The molecule has 1 aliphatic rings. The molecule has 1 unspecified atom stereocenters. The lowest BCUT2D eigenvalue weighted by Crippen LogP contribution is -2.34. The zero-order valence-electron chi connectivity index (χ0n) is 14.1. The van der Waals surface area contributed by atoms with Gasteiger partial charge in [0, 0.05) is 17.9 Å². The summed E-state index contributed by atoms with van der Waals surface area (Å²) in [6, 6.07) is 12.5. The fourth-order valence-electron chi connectivity index (χ4n) is 3.03. The second-order valence-electron chi connectivity index (χ2n) is 6.24. The minimum absolute atomic E-state index is 0.00929. The third-order valence-electron chi connectivity index (χ3n) is 4.64. The minimum Gasteiger partial charge on any atom is -0.497 e. The van der Waals surface area contributed by atoms with Crippen molar-refractivity contribution in [2.45, 2.75) is 38.4 Å². The SMILES string of the molecule is COc1ccc(C(C)N(Cc2cccn2C2CC2)C(=O)CCl)cc1. The first-order chi connectivity index (χ1) is 11.6. The van der Waals surface area contributed by atoms with Crippen LogP contribution in [0.5, 0.6) is 5.75 Å². The van der Waals surface area contributed by atoms with Crippen LogP contribution >= 0.6 is 11.6 Å². The molecule has 0 saturated heterocycles. The molecule has 2 aromatic rings. The number of alkyl halides is 1. The first kappa shape index (κ1) is 16.9. The van der Waals surface area contributed by atoms with E-state index < -0.39 is 0 Å². The molecule has 4 nitrogen and oxygen atoms in total. The lowest BCUT2D eigenvalue weighted by molar-refractivity contribution is -0.131. The van der Waals surface area contributed by atoms with Crippen LogP contribution in [0.3, 0.4) is 0 Å². The number of carbonyl (C=O) groups excluding carboxylic acids is 1. The van der Waals surface area contributed by atoms with Crippen LogP contribution in [-0.4, -0.2) is 28.4 Å². The average Bonchev–Trinajstić information content (AvgIpc) is 3.37. The standard InChI is InChI=1S/C19H23ClN2O2/c1-14(15-5-9-18(24-2)10-6-15)22(19(23)12-20)13-17-4-3-11-21(17)16-7-8-16/h3-6,9-11,14,16H,7-8,12-13H2,1-2H3. The number of amides is 1. The van der Waals surface area contributed by atoms with Crippen LogP contribution in [-0.2, 0) is 11.3 Å². The Kier molecular flexibility index (Phi) is 5.14. The fraction of sp³-hybridized carbons (Fsp3) is 0.421. The maximum Gasteiger partial charge on any atom is 0.238 e. The van der Waals surface area contributed by atoms with E-state index in [9.17, 15) is 4.79 Å². The van der Waals surface area contributed by atoms with E-state index in [1.807, 2.05) is 36.1 Å². The molecule has 5 heteroatoms. The normalized spacial score (nSPS) is 15.1. The summed E-state index contributed by atoms with van der Waals surface area (Å²) in [5.74, 6) is 0.747. The number of halogens is 1. The third-order valence-corrected chi connectivity index (χ3v) is 4.87. The number of hydrogen-bond acceptors (Lipinski definition) is 2. The first-order valence-electron chi connectivity index (χ1n) is 8.29. The first-order valence-corrected chi connectivity index (χ1v) is 8.82. The van der Waals surface area contributed by atoms with Gasteiger partial charge in [-0.05, 0) is 49.6 Å².